The Kier molecular flexibility index (Phi) is 5.51. The highest BCUT2D eigenvalue weighted by Gasteiger charge is 2.59. The number of allylic oxidation sites excluding steroid dienone is 2. The van der Waals surface area contributed by atoms with Gasteiger partial charge in [-0.25, -0.2) is 0 Å². The van der Waals surface area contributed by atoms with Crippen molar-refractivity contribution >= 4 is 8.32 Å². The molecule has 4 aliphatic carbocycles. The van der Waals surface area contributed by atoms with Gasteiger partial charge in [-0.05, 0) is 117 Å². The molecule has 0 N–H and O–H groups in total. The lowest BCUT2D eigenvalue weighted by atomic mass is 9.45. The van der Waals surface area contributed by atoms with Gasteiger partial charge in [0.15, 0.2) is 8.32 Å². The summed E-state index contributed by atoms with van der Waals surface area (Å²) in [5, 5.41) is 0.326. The van der Waals surface area contributed by atoms with Crippen molar-refractivity contribution in [3.05, 3.63) is 11.6 Å². The third-order valence-corrected chi connectivity index (χ3v) is 15.6. The maximum atomic E-state index is 6.92. The van der Waals surface area contributed by atoms with Crippen molar-refractivity contribution in [3.63, 3.8) is 0 Å². The average molecular weight is 417 g/mol. The normalized spacial score (nSPS) is 46.9. The highest BCUT2D eigenvalue weighted by Crippen LogP contribution is 2.67. The Morgan fingerprint density at radius 3 is 2.34 bits per heavy atom. The van der Waals surface area contributed by atoms with Crippen LogP contribution in [0.2, 0.25) is 18.1 Å². The maximum absolute atomic E-state index is 6.92. The van der Waals surface area contributed by atoms with Crippen LogP contribution in [-0.4, -0.2) is 14.4 Å². The van der Waals surface area contributed by atoms with E-state index in [-0.39, 0.29) is 0 Å². The molecule has 29 heavy (non-hydrogen) atoms. The lowest BCUT2D eigenvalue weighted by Crippen LogP contribution is -2.54. The summed E-state index contributed by atoms with van der Waals surface area (Å²) < 4.78 is 6.92. The zero-order chi connectivity index (χ0) is 21.2. The quantitative estimate of drug-likeness (QED) is 0.324. The first-order valence-corrected chi connectivity index (χ1v) is 15.7. The van der Waals surface area contributed by atoms with Crippen LogP contribution in [0.1, 0.15) is 99.3 Å². The molecule has 0 aromatic rings. The lowest BCUT2D eigenvalue weighted by molar-refractivity contribution is -0.114. The molecule has 0 saturated heterocycles. The van der Waals surface area contributed by atoms with Crippen molar-refractivity contribution in [2.75, 3.05) is 0 Å². The lowest BCUT2D eigenvalue weighted by Gasteiger charge is -2.61. The smallest absolute Gasteiger partial charge is 0.192 e. The van der Waals surface area contributed by atoms with E-state index < -0.39 is 8.32 Å². The van der Waals surface area contributed by atoms with E-state index in [1.165, 1.54) is 57.8 Å². The Morgan fingerprint density at radius 2 is 1.69 bits per heavy atom. The molecule has 7 atom stereocenters. The van der Waals surface area contributed by atoms with Gasteiger partial charge in [-0.1, -0.05) is 46.3 Å². The summed E-state index contributed by atoms with van der Waals surface area (Å²) in [6, 6.07) is 0. The highest BCUT2D eigenvalue weighted by atomic mass is 28.4. The van der Waals surface area contributed by atoms with Crippen LogP contribution in [0.3, 0.4) is 0 Å². The van der Waals surface area contributed by atoms with Gasteiger partial charge in [0.2, 0.25) is 0 Å². The van der Waals surface area contributed by atoms with Gasteiger partial charge in [-0.2, -0.15) is 0 Å². The summed E-state index contributed by atoms with van der Waals surface area (Å²) in [6.07, 6.45) is 15.8. The monoisotopic (exact) mass is 416 g/mol. The molecule has 4 aliphatic rings. The van der Waals surface area contributed by atoms with E-state index in [0.717, 1.165) is 23.7 Å². The summed E-state index contributed by atoms with van der Waals surface area (Å²) in [5.74, 6) is 3.83. The number of rotatable bonds is 2. The molecule has 0 aromatic carbocycles. The van der Waals surface area contributed by atoms with Gasteiger partial charge in [-0.15, -0.1) is 0 Å². The molecule has 0 bridgehead atoms. The van der Waals surface area contributed by atoms with Crippen LogP contribution < -0.4 is 0 Å². The average Bonchev–Trinajstić information content (AvgIpc) is 2.97. The molecule has 166 valence electrons. The molecule has 0 aromatic heterocycles. The first kappa shape index (κ1) is 22.1. The van der Waals surface area contributed by atoms with Crippen molar-refractivity contribution in [1.82, 2.24) is 0 Å². The second-order valence-corrected chi connectivity index (χ2v) is 18.0. The molecular weight excluding hydrogens is 368 g/mol. The van der Waals surface area contributed by atoms with Gasteiger partial charge >= 0.3 is 0 Å². The molecule has 0 unspecified atom stereocenters. The van der Waals surface area contributed by atoms with Gasteiger partial charge in [0.25, 0.3) is 0 Å². The first-order valence-electron chi connectivity index (χ1n) is 12.8. The largest absolute Gasteiger partial charge is 0.414 e. The molecule has 0 heterocycles. The van der Waals surface area contributed by atoms with Crippen LogP contribution in [0, 0.1) is 34.5 Å². The Labute approximate surface area is 182 Å². The summed E-state index contributed by atoms with van der Waals surface area (Å²) in [4.78, 5) is 0. The number of hydrogen-bond donors (Lipinski definition) is 0. The van der Waals surface area contributed by atoms with Gasteiger partial charge < -0.3 is 4.43 Å². The molecule has 4 fully saturated rings. The van der Waals surface area contributed by atoms with E-state index in [2.05, 4.69) is 60.7 Å². The van der Waals surface area contributed by atoms with Gasteiger partial charge in [0.1, 0.15) is 0 Å². The van der Waals surface area contributed by atoms with E-state index in [1.54, 1.807) is 5.57 Å². The van der Waals surface area contributed by atoms with Gasteiger partial charge in [0.05, 0.1) is 0 Å². The van der Waals surface area contributed by atoms with Gasteiger partial charge in [0, 0.05) is 6.10 Å². The van der Waals surface area contributed by atoms with Crippen molar-refractivity contribution in [2.45, 2.75) is 124 Å². The number of hydrogen-bond acceptors (Lipinski definition) is 1. The fourth-order valence-electron chi connectivity index (χ4n) is 8.24. The van der Waals surface area contributed by atoms with Crippen molar-refractivity contribution in [2.24, 2.45) is 34.5 Å². The zero-order valence-corrected chi connectivity index (χ0v) is 21.7. The predicted octanol–water partition coefficient (Wildman–Crippen LogP) is 8.37. The molecular formula is C27H48OSi. The molecule has 4 rings (SSSR count). The minimum atomic E-state index is -1.65. The van der Waals surface area contributed by atoms with Crippen LogP contribution in [0.5, 0.6) is 0 Å². The SMILES string of the molecule is CC=C1CC[C@@H]2[C@@H]3CC[C@H]4C[C@H](O[Si](C)(C)C(C)(C)C)CC[C@]4(C)[C@H]3CC[C@]12C. The van der Waals surface area contributed by atoms with Crippen LogP contribution >= 0.6 is 0 Å². The van der Waals surface area contributed by atoms with Crippen LogP contribution in [0.25, 0.3) is 0 Å². The van der Waals surface area contributed by atoms with E-state index in [0.29, 0.717) is 22.0 Å². The third kappa shape index (κ3) is 3.43. The molecule has 0 spiro atoms. The fraction of sp³-hybridized carbons (Fsp3) is 0.926. The van der Waals surface area contributed by atoms with Crippen LogP contribution in [0.15, 0.2) is 11.6 Å². The summed E-state index contributed by atoms with van der Waals surface area (Å²) in [7, 11) is -1.65. The van der Waals surface area contributed by atoms with Crippen molar-refractivity contribution in [1.29, 1.82) is 0 Å². The second kappa shape index (κ2) is 7.22. The molecule has 1 nitrogen and oxygen atoms in total. The summed E-state index contributed by atoms with van der Waals surface area (Å²) in [5.41, 5.74) is 2.90. The topological polar surface area (TPSA) is 9.23 Å². The minimum absolute atomic E-state index is 0.326. The molecule has 4 saturated carbocycles. The van der Waals surface area contributed by atoms with E-state index >= 15 is 0 Å². The fourth-order valence-corrected chi connectivity index (χ4v) is 9.64. The summed E-state index contributed by atoms with van der Waals surface area (Å²) >= 11 is 0. The molecule has 0 radical (unpaired) electrons. The molecule has 2 heteroatoms. The second-order valence-electron chi connectivity index (χ2n) is 13.2. The van der Waals surface area contributed by atoms with Crippen LogP contribution in [-0.2, 0) is 4.43 Å². The molecule has 0 aliphatic heterocycles. The van der Waals surface area contributed by atoms with E-state index in [9.17, 15) is 0 Å². The highest BCUT2D eigenvalue weighted by molar-refractivity contribution is 6.74. The Bertz CT molecular complexity index is 658. The van der Waals surface area contributed by atoms with Crippen LogP contribution in [0.4, 0.5) is 0 Å². The molecule has 0 amide bonds. The third-order valence-electron chi connectivity index (χ3n) is 11.1. The predicted molar refractivity (Wildman–Crippen MR) is 128 cm³/mol. The summed E-state index contributed by atoms with van der Waals surface area (Å²) in [6.45, 7) is 19.7. The van der Waals surface area contributed by atoms with Crippen molar-refractivity contribution < 1.29 is 4.43 Å². The minimum Gasteiger partial charge on any atom is -0.414 e. The Hall–Kier alpha value is -0.0831. The maximum Gasteiger partial charge on any atom is 0.192 e. The zero-order valence-electron chi connectivity index (χ0n) is 20.7. The number of fused-ring (bicyclic) bond motifs is 5. The van der Waals surface area contributed by atoms with Gasteiger partial charge in [-0.3, -0.25) is 0 Å². The first-order chi connectivity index (χ1) is 13.4. The standard InChI is InChI=1S/C27H48OSi/c1-9-19-11-13-23-22-12-10-20-18-21(28-29(7,8)25(2,3)4)14-16-27(20,6)24(22)15-17-26(19,23)5/h9,20-24H,10-18H2,1-8H3/t20-,21+,22-,23+,24-,26+,27-/m0/s1. The Balaban J connectivity index is 1.49. The van der Waals surface area contributed by atoms with Crippen molar-refractivity contribution in [3.8, 4) is 0 Å². The Morgan fingerprint density at radius 1 is 0.966 bits per heavy atom. The van der Waals surface area contributed by atoms with E-state index in [4.69, 9.17) is 4.43 Å². The van der Waals surface area contributed by atoms with E-state index in [1.807, 2.05) is 0 Å².